The summed E-state index contributed by atoms with van der Waals surface area (Å²) in [5.41, 5.74) is -1.24. The smallest absolute Gasteiger partial charge is 0.303 e. The second-order valence-electron chi connectivity index (χ2n) is 8.80. The van der Waals surface area contributed by atoms with Gasteiger partial charge in [0.25, 0.3) is 0 Å². The lowest BCUT2D eigenvalue weighted by molar-refractivity contribution is -0.991. The minimum Gasteiger partial charge on any atom is -0.595 e. The molecule has 2 saturated heterocycles. The van der Waals surface area contributed by atoms with Gasteiger partial charge in [0.05, 0.1) is 59.2 Å². The van der Waals surface area contributed by atoms with Crippen LogP contribution in [0.3, 0.4) is 0 Å². The molecule has 0 bridgehead atoms. The Kier molecular flexibility index (Phi) is 7.96. The first kappa shape index (κ1) is 27.8. The number of hydrogen-bond acceptors (Lipinski definition) is 12. The molecule has 4 rings (SSSR count). The van der Waals surface area contributed by atoms with E-state index in [2.05, 4.69) is 0 Å². The summed E-state index contributed by atoms with van der Waals surface area (Å²) >= 11 is 0. The van der Waals surface area contributed by atoms with E-state index in [1.807, 2.05) is 0 Å². The van der Waals surface area contributed by atoms with Gasteiger partial charge in [0.15, 0.2) is 40.0 Å². The third-order valence-electron chi connectivity index (χ3n) is 6.86. The average molecular weight is 539 g/mol. The van der Waals surface area contributed by atoms with Crippen LogP contribution in [0.1, 0.15) is 30.3 Å². The third-order valence-corrected chi connectivity index (χ3v) is 6.86. The van der Waals surface area contributed by atoms with E-state index in [1.54, 1.807) is 0 Å². The molecule has 0 amide bonds. The molecule has 0 aromatic heterocycles. The molecular weight excluding hydrogens is 508 g/mol. The summed E-state index contributed by atoms with van der Waals surface area (Å²) in [6.07, 6.45) is -1.96. The SMILES string of the molecule is COc1cc([C@H]2OC[C@@H]3[C@H](c4cc(OC)c(OC)cc4[NH+]([O-])O)OC[C@]23OC(C)=O)c([NH+]([O-])O)cc1OC. The van der Waals surface area contributed by atoms with Crippen LogP contribution in [0.2, 0.25) is 0 Å². The van der Waals surface area contributed by atoms with Gasteiger partial charge >= 0.3 is 5.97 Å². The number of benzene rings is 2. The fourth-order valence-corrected chi connectivity index (χ4v) is 5.24. The molecule has 4 N–H and O–H groups in total. The summed E-state index contributed by atoms with van der Waals surface area (Å²) in [6.45, 7) is 1.01. The second-order valence-corrected chi connectivity index (χ2v) is 8.80. The Hall–Kier alpha value is -3.21. The zero-order valence-corrected chi connectivity index (χ0v) is 21.4. The van der Waals surface area contributed by atoms with Gasteiger partial charge in [-0.1, -0.05) is 0 Å². The second kappa shape index (κ2) is 10.9. The number of quaternary nitrogens is 2. The predicted molar refractivity (Wildman–Crippen MR) is 126 cm³/mol. The first-order chi connectivity index (χ1) is 18.1. The Morgan fingerprint density at radius 2 is 1.34 bits per heavy atom. The number of carbonyl (C=O) groups is 1. The highest BCUT2D eigenvalue weighted by Gasteiger charge is 2.64. The Labute approximate surface area is 217 Å². The number of hydrogen-bond donors (Lipinski definition) is 4. The lowest BCUT2D eigenvalue weighted by Gasteiger charge is -2.33. The lowest BCUT2D eigenvalue weighted by atomic mass is 9.79. The molecule has 2 aromatic carbocycles. The summed E-state index contributed by atoms with van der Waals surface area (Å²) in [5, 5.41) is 41.8. The Morgan fingerprint density at radius 1 is 0.868 bits per heavy atom. The van der Waals surface area contributed by atoms with Gasteiger partial charge in [0, 0.05) is 24.6 Å². The molecular formula is C24H30N2O12. The standard InChI is InChI=1S/C24H30N2O12/c1-12(27)38-24-11-37-22(13-6-18(32-2)20(34-4)8-16(13)25(28)29)15(24)10-36-23(24)14-7-19(33-3)21(35-5)9-17(14)26(30)31/h6-9,15,22-23,25-26,28,30H,10-11H2,1-5H3/t15-,22+,23-,24-/m1/s1. The van der Waals surface area contributed by atoms with Crippen molar-refractivity contribution in [1.82, 2.24) is 0 Å². The van der Waals surface area contributed by atoms with E-state index in [9.17, 15) is 25.6 Å². The number of carbonyl (C=O) groups excluding carboxylic acids is 1. The van der Waals surface area contributed by atoms with E-state index in [0.29, 0.717) is 0 Å². The van der Waals surface area contributed by atoms with Crippen molar-refractivity contribution in [3.05, 3.63) is 45.8 Å². The fraction of sp³-hybridized carbons (Fsp3) is 0.458. The van der Waals surface area contributed by atoms with Gasteiger partial charge in [-0.3, -0.25) is 4.79 Å². The van der Waals surface area contributed by atoms with Crippen molar-refractivity contribution in [2.24, 2.45) is 5.92 Å². The molecule has 14 heteroatoms. The first-order valence-corrected chi connectivity index (χ1v) is 11.5. The van der Waals surface area contributed by atoms with E-state index >= 15 is 0 Å². The molecule has 6 atom stereocenters. The molecule has 2 unspecified atom stereocenters. The number of esters is 1. The Balaban J connectivity index is 1.86. The summed E-state index contributed by atoms with van der Waals surface area (Å²) in [7, 11) is 5.59. The molecule has 0 spiro atoms. The van der Waals surface area contributed by atoms with Crippen molar-refractivity contribution in [3.8, 4) is 23.0 Å². The molecule has 2 aromatic rings. The highest BCUT2D eigenvalue weighted by Crippen LogP contribution is 2.57. The van der Waals surface area contributed by atoms with Crippen molar-refractivity contribution in [2.75, 3.05) is 41.7 Å². The molecule has 2 aliphatic rings. The molecule has 14 nitrogen and oxygen atoms in total. The molecule has 0 saturated carbocycles. The monoisotopic (exact) mass is 538 g/mol. The molecule has 208 valence electrons. The number of ether oxygens (including phenoxy) is 7. The van der Waals surface area contributed by atoms with Gasteiger partial charge in [0.2, 0.25) is 0 Å². The quantitative estimate of drug-likeness (QED) is 0.254. The van der Waals surface area contributed by atoms with E-state index in [0.717, 1.165) is 0 Å². The maximum atomic E-state index is 12.3. The van der Waals surface area contributed by atoms with Crippen LogP contribution < -0.4 is 29.4 Å². The van der Waals surface area contributed by atoms with Crippen LogP contribution in [-0.4, -0.2) is 63.6 Å². The van der Waals surface area contributed by atoms with Gasteiger partial charge in [-0.05, 0) is 12.1 Å². The molecule has 38 heavy (non-hydrogen) atoms. The summed E-state index contributed by atoms with van der Waals surface area (Å²) < 4.78 is 39.3. The van der Waals surface area contributed by atoms with Crippen molar-refractivity contribution in [3.63, 3.8) is 0 Å². The topological polar surface area (TPSA) is 177 Å². The predicted octanol–water partition coefficient (Wildman–Crippen LogP) is 0.289. The summed E-state index contributed by atoms with van der Waals surface area (Å²) in [6, 6.07) is 5.60. The number of methoxy groups -OCH3 is 4. The number of rotatable bonds is 9. The van der Waals surface area contributed by atoms with Crippen LogP contribution in [0.5, 0.6) is 23.0 Å². The third kappa shape index (κ3) is 4.61. The number of nitrogens with one attached hydrogen (secondary N) is 2. The van der Waals surface area contributed by atoms with Crippen molar-refractivity contribution >= 4 is 17.3 Å². The molecule has 2 aliphatic heterocycles. The summed E-state index contributed by atoms with van der Waals surface area (Å²) in [5.74, 6) is -0.387. The first-order valence-electron chi connectivity index (χ1n) is 11.5. The van der Waals surface area contributed by atoms with Crippen LogP contribution in [0.25, 0.3) is 0 Å². The Morgan fingerprint density at radius 3 is 1.82 bits per heavy atom. The van der Waals surface area contributed by atoms with Gasteiger partial charge in [0.1, 0.15) is 6.10 Å². The fourth-order valence-electron chi connectivity index (χ4n) is 5.24. The highest BCUT2D eigenvalue weighted by molar-refractivity contribution is 5.67. The van der Waals surface area contributed by atoms with Crippen molar-refractivity contribution in [2.45, 2.75) is 24.7 Å². The van der Waals surface area contributed by atoms with Gasteiger partial charge in [-0.25, -0.2) is 10.4 Å². The van der Waals surface area contributed by atoms with Gasteiger partial charge in [-0.15, -0.1) is 0 Å². The van der Waals surface area contributed by atoms with E-state index in [-0.39, 0.29) is 58.7 Å². The summed E-state index contributed by atoms with van der Waals surface area (Å²) in [4.78, 5) is 12.3. The minimum atomic E-state index is -1.47. The van der Waals surface area contributed by atoms with Crippen LogP contribution in [0.15, 0.2) is 24.3 Å². The van der Waals surface area contributed by atoms with Crippen LogP contribution in [-0.2, 0) is 19.0 Å². The van der Waals surface area contributed by atoms with Gasteiger partial charge < -0.3 is 43.6 Å². The Bertz CT molecular complexity index is 1190. The maximum absolute atomic E-state index is 12.3. The zero-order valence-electron chi connectivity index (χ0n) is 21.4. The molecule has 0 aliphatic carbocycles. The highest BCUT2D eigenvalue weighted by atomic mass is 16.8. The van der Waals surface area contributed by atoms with Crippen molar-refractivity contribution in [1.29, 1.82) is 0 Å². The molecule has 2 heterocycles. The lowest BCUT2D eigenvalue weighted by Crippen LogP contribution is -2.99. The number of fused-ring (bicyclic) bond motifs is 1. The van der Waals surface area contributed by atoms with Crippen molar-refractivity contribution < 1.29 is 58.8 Å². The average Bonchev–Trinajstić information content (AvgIpc) is 3.42. The van der Waals surface area contributed by atoms with E-state index in [4.69, 9.17) is 33.2 Å². The molecule has 0 radical (unpaired) electrons. The molecule has 2 fully saturated rings. The van der Waals surface area contributed by atoms with Crippen LogP contribution in [0.4, 0.5) is 11.4 Å². The van der Waals surface area contributed by atoms with E-state index < -0.39 is 40.1 Å². The van der Waals surface area contributed by atoms with Crippen LogP contribution >= 0.6 is 0 Å². The zero-order chi connectivity index (χ0) is 27.8. The van der Waals surface area contributed by atoms with Crippen LogP contribution in [0, 0.1) is 16.3 Å². The minimum absolute atomic E-state index is 0.0244. The maximum Gasteiger partial charge on any atom is 0.303 e. The normalized spacial score (nSPS) is 25.9. The van der Waals surface area contributed by atoms with E-state index in [1.165, 1.54) is 59.6 Å². The van der Waals surface area contributed by atoms with Gasteiger partial charge in [-0.2, -0.15) is 10.5 Å². The largest absolute Gasteiger partial charge is 0.595 e.